The summed E-state index contributed by atoms with van der Waals surface area (Å²) in [6, 6.07) is 0. The molecule has 0 N–H and O–H groups in total. The second-order valence-corrected chi connectivity index (χ2v) is 5.54. The van der Waals surface area contributed by atoms with Crippen LogP contribution in [0.25, 0.3) is 0 Å². The van der Waals surface area contributed by atoms with Gasteiger partial charge in [-0.05, 0) is 0 Å². The zero-order valence-corrected chi connectivity index (χ0v) is 10.1. The maximum Gasteiger partial charge on any atom is 0.497 e. The lowest BCUT2D eigenvalue weighted by Crippen LogP contribution is -2.27. The normalized spacial score (nSPS) is 13.6. The lowest BCUT2D eigenvalue weighted by Gasteiger charge is -2.13. The van der Waals surface area contributed by atoms with E-state index in [1.807, 2.05) is 4.98 Å². The van der Waals surface area contributed by atoms with Gasteiger partial charge in [-0.2, -0.15) is 30.7 Å². The van der Waals surface area contributed by atoms with Gasteiger partial charge in [-0.15, -0.1) is 0 Å². The molecule has 1 aromatic rings. The van der Waals surface area contributed by atoms with Gasteiger partial charge in [0.15, 0.2) is 17.3 Å². The highest BCUT2D eigenvalue weighted by Gasteiger charge is 2.48. The van der Waals surface area contributed by atoms with E-state index in [2.05, 4.69) is 0 Å². The Labute approximate surface area is 110 Å². The molecule has 1 heterocycles. The summed E-state index contributed by atoms with van der Waals surface area (Å²) in [4.78, 5) is 1.88. The maximum absolute atomic E-state index is 13.3. The summed E-state index contributed by atoms with van der Waals surface area (Å²) in [5, 5.41) is 0. The van der Waals surface area contributed by atoms with Crippen LogP contribution in [-0.4, -0.2) is 18.9 Å². The summed E-state index contributed by atoms with van der Waals surface area (Å²) in [5.41, 5.74) is -10.9. The Hall–Kier alpha value is -1.53. The molecule has 0 radical (unpaired) electrons. The molecule has 0 aliphatic rings. The summed E-state index contributed by atoms with van der Waals surface area (Å²) in [7, 11) is -6.22. The van der Waals surface area contributed by atoms with Crippen molar-refractivity contribution in [2.45, 2.75) is 17.4 Å². The Bertz CT molecular complexity index is 662. The Morgan fingerprint density at radius 2 is 1.38 bits per heavy atom. The van der Waals surface area contributed by atoms with Gasteiger partial charge < -0.3 is 0 Å². The van der Waals surface area contributed by atoms with Crippen LogP contribution in [0.3, 0.4) is 0 Å². The number of pyridine rings is 1. The summed E-state index contributed by atoms with van der Waals surface area (Å²) >= 11 is 0. The number of alkyl halides is 6. The third-order valence-corrected chi connectivity index (χ3v) is 3.46. The average Bonchev–Trinajstić information content (AvgIpc) is 2.26. The summed E-state index contributed by atoms with van der Waals surface area (Å²) in [6.45, 7) is 0. The molecule has 0 saturated heterocycles. The van der Waals surface area contributed by atoms with Crippen molar-refractivity contribution < 1.29 is 47.9 Å². The molecule has 0 atom stereocenters. The zero-order chi connectivity index (χ0) is 16.8. The predicted molar refractivity (Wildman–Crippen MR) is 47.8 cm³/mol. The van der Waals surface area contributed by atoms with Gasteiger partial charge in [0.1, 0.15) is 0 Å². The lowest BCUT2D eigenvalue weighted by molar-refractivity contribution is -0.144. The van der Waals surface area contributed by atoms with Crippen LogP contribution in [0.1, 0.15) is 11.3 Å². The van der Waals surface area contributed by atoms with Crippen molar-refractivity contribution in [3.8, 4) is 0 Å². The first kappa shape index (κ1) is 17.5. The molecule has 0 bridgehead atoms. The van der Waals surface area contributed by atoms with E-state index < -0.39 is 56.1 Å². The number of rotatable bonds is 2. The largest absolute Gasteiger partial charge is 0.497 e. The van der Waals surface area contributed by atoms with E-state index in [0.717, 1.165) is 0 Å². The average molecular weight is 347 g/mol. The molecule has 3 nitrogen and oxygen atoms in total. The lowest BCUT2D eigenvalue weighted by atomic mass is 10.2. The summed E-state index contributed by atoms with van der Waals surface area (Å²) < 4.78 is 133. The first-order valence-corrected chi connectivity index (χ1v) is 6.23. The van der Waals surface area contributed by atoms with Crippen molar-refractivity contribution in [2.24, 2.45) is 0 Å². The van der Waals surface area contributed by atoms with E-state index >= 15 is 0 Å². The monoisotopic (exact) mass is 347 g/mol. The van der Waals surface area contributed by atoms with Crippen LogP contribution in [-0.2, 0) is 21.8 Å². The van der Waals surface area contributed by atoms with Gasteiger partial charge in [-0.25, -0.2) is 22.2 Å². The minimum atomic E-state index is -6.22. The first-order chi connectivity index (χ1) is 9.18. The molecule has 0 spiro atoms. The van der Waals surface area contributed by atoms with E-state index in [4.69, 9.17) is 0 Å². The molecule has 0 fully saturated rings. The van der Waals surface area contributed by atoms with Crippen molar-refractivity contribution in [1.82, 2.24) is 4.98 Å². The number of hydrogen-bond acceptors (Lipinski definition) is 3. The second kappa shape index (κ2) is 5.03. The van der Waals surface area contributed by atoms with E-state index in [9.17, 15) is 47.9 Å². The molecule has 1 rings (SSSR count). The molecule has 0 aliphatic heterocycles. The predicted octanol–water partition coefficient (Wildman–Crippen LogP) is 2.95. The summed E-state index contributed by atoms with van der Waals surface area (Å²) in [5.74, 6) is -10.4. The minimum absolute atomic E-state index is 1.88. The molecular formula is C8H2F9NO2S. The Balaban J connectivity index is 3.55. The van der Waals surface area contributed by atoms with Crippen molar-refractivity contribution in [3.05, 3.63) is 28.8 Å². The summed E-state index contributed by atoms with van der Waals surface area (Å²) in [6.07, 6.45) is -5.66. The SMILES string of the molecule is O=S(=O)(Cc1c(F)c(F)nc(C(F)(F)F)c1F)C(F)(F)F. The molecule has 13 heteroatoms. The fraction of sp³-hybridized carbons (Fsp3) is 0.375. The third-order valence-electron chi connectivity index (χ3n) is 2.08. The van der Waals surface area contributed by atoms with Crippen molar-refractivity contribution in [1.29, 1.82) is 0 Å². The number of halogens is 9. The number of nitrogens with zero attached hydrogens (tertiary/aromatic N) is 1. The number of hydrogen-bond donors (Lipinski definition) is 0. The molecule has 1 aromatic heterocycles. The first-order valence-electron chi connectivity index (χ1n) is 4.58. The van der Waals surface area contributed by atoms with Gasteiger partial charge in [-0.1, -0.05) is 0 Å². The molecule has 120 valence electrons. The fourth-order valence-corrected chi connectivity index (χ4v) is 1.94. The third kappa shape index (κ3) is 3.39. The highest BCUT2D eigenvalue weighted by atomic mass is 32.2. The Morgan fingerprint density at radius 1 is 0.905 bits per heavy atom. The van der Waals surface area contributed by atoms with E-state index in [0.29, 0.717) is 0 Å². The molecule has 0 amide bonds. The van der Waals surface area contributed by atoms with Crippen LogP contribution in [0.4, 0.5) is 39.5 Å². The number of aromatic nitrogens is 1. The molecule has 0 aliphatic carbocycles. The minimum Gasteiger partial charge on any atom is -0.219 e. The Kier molecular flexibility index (Phi) is 4.20. The van der Waals surface area contributed by atoms with Crippen LogP contribution in [0.2, 0.25) is 0 Å². The van der Waals surface area contributed by atoms with Crippen molar-refractivity contribution in [2.75, 3.05) is 0 Å². The van der Waals surface area contributed by atoms with Gasteiger partial charge >= 0.3 is 11.7 Å². The van der Waals surface area contributed by atoms with Gasteiger partial charge in [0.25, 0.3) is 9.84 Å². The standard InChI is InChI=1S/C8H2F9NO2S/c9-3-2(1-21(19,20)8(15,16)17)4(10)6(11)18-5(3)7(12,13)14/h1H2. The fourth-order valence-electron chi connectivity index (χ4n) is 1.15. The van der Waals surface area contributed by atoms with E-state index in [-0.39, 0.29) is 0 Å². The second-order valence-electron chi connectivity index (χ2n) is 3.56. The van der Waals surface area contributed by atoms with Gasteiger partial charge in [0.2, 0.25) is 5.95 Å². The molecule has 0 aromatic carbocycles. The van der Waals surface area contributed by atoms with Crippen LogP contribution in [0.5, 0.6) is 0 Å². The Morgan fingerprint density at radius 3 is 1.76 bits per heavy atom. The highest BCUT2D eigenvalue weighted by Crippen LogP contribution is 2.34. The topological polar surface area (TPSA) is 47.0 Å². The van der Waals surface area contributed by atoms with E-state index in [1.54, 1.807) is 0 Å². The van der Waals surface area contributed by atoms with Gasteiger partial charge in [0.05, 0.1) is 5.75 Å². The highest BCUT2D eigenvalue weighted by molar-refractivity contribution is 7.91. The molecule has 21 heavy (non-hydrogen) atoms. The van der Waals surface area contributed by atoms with Crippen LogP contribution < -0.4 is 0 Å². The zero-order valence-electron chi connectivity index (χ0n) is 9.28. The number of sulfone groups is 1. The van der Waals surface area contributed by atoms with Crippen molar-refractivity contribution in [3.63, 3.8) is 0 Å². The molecular weight excluding hydrogens is 345 g/mol. The van der Waals surface area contributed by atoms with Gasteiger partial charge in [-0.3, -0.25) is 0 Å². The quantitative estimate of drug-likeness (QED) is 0.611. The van der Waals surface area contributed by atoms with Crippen LogP contribution >= 0.6 is 0 Å². The van der Waals surface area contributed by atoms with E-state index in [1.165, 1.54) is 0 Å². The molecule has 0 saturated carbocycles. The van der Waals surface area contributed by atoms with Crippen LogP contribution in [0, 0.1) is 17.6 Å². The molecule has 0 unspecified atom stereocenters. The van der Waals surface area contributed by atoms with Crippen molar-refractivity contribution >= 4 is 9.84 Å². The smallest absolute Gasteiger partial charge is 0.219 e. The van der Waals surface area contributed by atoms with Gasteiger partial charge in [0, 0.05) is 5.56 Å². The maximum atomic E-state index is 13.3. The van der Waals surface area contributed by atoms with Crippen LogP contribution in [0.15, 0.2) is 0 Å².